The number of likely N-dealkylation sites (tertiary alicyclic amines) is 1. The summed E-state index contributed by atoms with van der Waals surface area (Å²) in [4.78, 5) is 47.9. The van der Waals surface area contributed by atoms with Crippen LogP contribution in [0.4, 0.5) is 0 Å². The van der Waals surface area contributed by atoms with E-state index in [9.17, 15) is 19.5 Å². The highest BCUT2D eigenvalue weighted by atomic mass is 16.5. The molecule has 1 N–H and O–H groups in total. The molecular formula is C33H38N6O5. The van der Waals surface area contributed by atoms with Crippen molar-refractivity contribution < 1.29 is 24.2 Å². The summed E-state index contributed by atoms with van der Waals surface area (Å²) >= 11 is 0. The molecule has 5 atom stereocenters. The number of benzene rings is 2. The van der Waals surface area contributed by atoms with Gasteiger partial charge in [0.15, 0.2) is 0 Å². The fourth-order valence-electron chi connectivity index (χ4n) is 7.55. The van der Waals surface area contributed by atoms with Crippen LogP contribution in [0.1, 0.15) is 25.3 Å². The van der Waals surface area contributed by atoms with E-state index in [0.29, 0.717) is 31.4 Å². The van der Waals surface area contributed by atoms with Crippen LogP contribution in [-0.4, -0.2) is 96.0 Å². The van der Waals surface area contributed by atoms with E-state index in [1.807, 2.05) is 61.5 Å². The van der Waals surface area contributed by atoms with Gasteiger partial charge in [0.05, 0.1) is 29.6 Å². The lowest BCUT2D eigenvalue weighted by Crippen LogP contribution is -2.57. The molecule has 3 fully saturated rings. The Labute approximate surface area is 256 Å². The van der Waals surface area contributed by atoms with Gasteiger partial charge in [0, 0.05) is 26.2 Å². The third-order valence-corrected chi connectivity index (χ3v) is 9.38. The molecule has 3 amide bonds. The van der Waals surface area contributed by atoms with Crippen LogP contribution in [0.3, 0.4) is 0 Å². The average Bonchev–Trinajstić information content (AvgIpc) is 3.73. The summed E-state index contributed by atoms with van der Waals surface area (Å²) in [6.45, 7) is 10.1. The maximum absolute atomic E-state index is 14.6. The highest BCUT2D eigenvalue weighted by molar-refractivity contribution is 5.99. The Morgan fingerprint density at radius 3 is 2.48 bits per heavy atom. The van der Waals surface area contributed by atoms with Gasteiger partial charge in [-0.25, -0.2) is 4.68 Å². The summed E-state index contributed by atoms with van der Waals surface area (Å²) in [6.07, 6.45) is 4.26. The van der Waals surface area contributed by atoms with Crippen LogP contribution in [0.2, 0.25) is 0 Å². The minimum atomic E-state index is -1.21. The van der Waals surface area contributed by atoms with Gasteiger partial charge in [-0.15, -0.1) is 18.3 Å². The first-order valence-electron chi connectivity index (χ1n) is 15.0. The van der Waals surface area contributed by atoms with Crippen LogP contribution in [0.25, 0.3) is 11.0 Å². The van der Waals surface area contributed by atoms with Crippen molar-refractivity contribution in [1.82, 2.24) is 29.7 Å². The molecule has 3 aliphatic rings. The van der Waals surface area contributed by atoms with E-state index < -0.39 is 29.1 Å². The second-order valence-corrected chi connectivity index (χ2v) is 12.0. The predicted octanol–water partition coefficient (Wildman–Crippen LogP) is 2.38. The molecule has 4 heterocycles. The number of hydrogen-bond acceptors (Lipinski definition) is 7. The zero-order valence-corrected chi connectivity index (χ0v) is 24.9. The summed E-state index contributed by atoms with van der Waals surface area (Å²) in [6, 6.07) is 16.1. The van der Waals surface area contributed by atoms with Gasteiger partial charge >= 0.3 is 0 Å². The zero-order chi connectivity index (χ0) is 31.1. The lowest BCUT2D eigenvalue weighted by Gasteiger charge is -2.36. The quantitative estimate of drug-likeness (QED) is 0.318. The molecule has 11 heteroatoms. The van der Waals surface area contributed by atoms with Crippen LogP contribution in [-0.2, 0) is 32.3 Å². The number of rotatable bonds is 12. The van der Waals surface area contributed by atoms with E-state index in [1.165, 1.54) is 4.90 Å². The van der Waals surface area contributed by atoms with Crippen molar-refractivity contribution in [2.75, 3.05) is 26.2 Å². The molecule has 11 nitrogen and oxygen atoms in total. The standard InChI is InChI=1S/C33H38N6O5/c1-4-17-36(21-23-11-7-6-8-12-23)29(41)26-27-30(42)38(19-20-40)28(33(27)16-15-32(26,3)44-33)31(43)37(18-5-2)22-39-25-14-10-9-13-24(25)34-35-39/h4-14,26-28,40H,1-2,15-22H2,3H3/t26-,27+,28?,32+,33?/m1/s1. The van der Waals surface area contributed by atoms with E-state index in [1.54, 1.807) is 26.6 Å². The first-order valence-corrected chi connectivity index (χ1v) is 15.0. The van der Waals surface area contributed by atoms with E-state index >= 15 is 0 Å². The molecule has 3 aliphatic heterocycles. The number of fused-ring (bicyclic) bond motifs is 2. The summed E-state index contributed by atoms with van der Waals surface area (Å²) in [7, 11) is 0. The van der Waals surface area contributed by atoms with E-state index in [0.717, 1.165) is 11.1 Å². The lowest BCUT2D eigenvalue weighted by atomic mass is 9.66. The highest BCUT2D eigenvalue weighted by Crippen LogP contribution is 2.63. The second-order valence-electron chi connectivity index (χ2n) is 12.0. The number of β-amino-alcohol motifs (C(OH)–C–C–N with tert-alkyl or cyclic N) is 1. The van der Waals surface area contributed by atoms with E-state index in [-0.39, 0.29) is 44.1 Å². The lowest BCUT2D eigenvalue weighted by molar-refractivity contribution is -0.154. The maximum Gasteiger partial charge on any atom is 0.250 e. The number of aliphatic hydroxyl groups is 1. The van der Waals surface area contributed by atoms with Crippen molar-refractivity contribution >= 4 is 28.8 Å². The second kappa shape index (κ2) is 11.6. The Hall–Kier alpha value is -4.35. The number of aliphatic hydroxyl groups excluding tert-OH is 1. The monoisotopic (exact) mass is 598 g/mol. The molecular weight excluding hydrogens is 560 g/mol. The number of carbonyl (C=O) groups is 3. The maximum atomic E-state index is 14.6. The number of hydrogen-bond donors (Lipinski definition) is 1. The average molecular weight is 599 g/mol. The zero-order valence-electron chi connectivity index (χ0n) is 24.9. The smallest absolute Gasteiger partial charge is 0.250 e. The van der Waals surface area contributed by atoms with Gasteiger partial charge < -0.3 is 24.5 Å². The molecule has 2 bridgehead atoms. The Kier molecular flexibility index (Phi) is 7.85. The number of amides is 3. The summed E-state index contributed by atoms with van der Waals surface area (Å²) in [5.74, 6) is -2.56. The topological polar surface area (TPSA) is 121 Å². The van der Waals surface area contributed by atoms with Gasteiger partial charge in [-0.2, -0.15) is 0 Å². The molecule has 0 aliphatic carbocycles. The predicted molar refractivity (Wildman–Crippen MR) is 163 cm³/mol. The summed E-state index contributed by atoms with van der Waals surface area (Å²) in [5.41, 5.74) is 0.274. The molecule has 1 spiro atoms. The van der Waals surface area contributed by atoms with Crippen LogP contribution in [0.15, 0.2) is 79.9 Å². The van der Waals surface area contributed by atoms with E-state index in [4.69, 9.17) is 4.74 Å². The first-order chi connectivity index (χ1) is 21.3. The van der Waals surface area contributed by atoms with Crippen LogP contribution in [0, 0.1) is 11.8 Å². The van der Waals surface area contributed by atoms with Gasteiger partial charge in [-0.1, -0.05) is 59.8 Å². The number of ether oxygens (including phenoxy) is 1. The summed E-state index contributed by atoms with van der Waals surface area (Å²) < 4.78 is 8.41. The van der Waals surface area contributed by atoms with Crippen LogP contribution in [0.5, 0.6) is 0 Å². The fourth-order valence-corrected chi connectivity index (χ4v) is 7.55. The minimum Gasteiger partial charge on any atom is -0.395 e. The third kappa shape index (κ3) is 4.71. The fraction of sp³-hybridized carbons (Fsp3) is 0.424. The third-order valence-electron chi connectivity index (χ3n) is 9.38. The van der Waals surface area contributed by atoms with Crippen LogP contribution >= 0.6 is 0 Å². The Bertz CT molecular complexity index is 1590. The minimum absolute atomic E-state index is 0.0525. The number of nitrogens with zero attached hydrogens (tertiary/aromatic N) is 6. The number of aromatic nitrogens is 3. The van der Waals surface area contributed by atoms with Gasteiger partial charge in [-0.3, -0.25) is 14.4 Å². The Morgan fingerprint density at radius 1 is 1.05 bits per heavy atom. The first kappa shape index (κ1) is 29.7. The SMILES string of the molecule is C=CCN(Cn1nnc2ccccc21)C(=O)C1N(CCO)C(=O)[C@@H]2[C@H](C(=O)N(CC=C)Cc3ccccc3)[C@]3(C)CCC12O3. The molecule has 44 heavy (non-hydrogen) atoms. The van der Waals surface area contributed by atoms with Gasteiger partial charge in [0.25, 0.3) is 0 Å². The van der Waals surface area contributed by atoms with Crippen molar-refractivity contribution in [1.29, 1.82) is 0 Å². The molecule has 2 aromatic carbocycles. The Balaban J connectivity index is 1.35. The number of carbonyl (C=O) groups excluding carboxylic acids is 3. The largest absolute Gasteiger partial charge is 0.395 e. The molecule has 2 unspecified atom stereocenters. The van der Waals surface area contributed by atoms with Crippen molar-refractivity contribution in [2.24, 2.45) is 11.8 Å². The summed E-state index contributed by atoms with van der Waals surface area (Å²) in [5, 5.41) is 18.5. The molecule has 0 radical (unpaired) electrons. The molecule has 0 saturated carbocycles. The van der Waals surface area contributed by atoms with Crippen molar-refractivity contribution in [3.05, 3.63) is 85.5 Å². The normalized spacial score (nSPS) is 27.0. The van der Waals surface area contributed by atoms with Crippen molar-refractivity contribution in [3.8, 4) is 0 Å². The van der Waals surface area contributed by atoms with Gasteiger partial charge in [0.2, 0.25) is 17.7 Å². The number of para-hydroxylation sites is 1. The van der Waals surface area contributed by atoms with Crippen LogP contribution < -0.4 is 0 Å². The molecule has 230 valence electrons. The van der Waals surface area contributed by atoms with E-state index in [2.05, 4.69) is 23.5 Å². The molecule has 1 aromatic heterocycles. The van der Waals surface area contributed by atoms with Gasteiger partial charge in [0.1, 0.15) is 23.8 Å². The molecule has 3 aromatic rings. The highest BCUT2D eigenvalue weighted by Gasteiger charge is 2.78. The van der Waals surface area contributed by atoms with Gasteiger partial charge in [-0.05, 0) is 37.5 Å². The molecule has 3 saturated heterocycles. The van der Waals surface area contributed by atoms with Crippen molar-refractivity contribution in [3.63, 3.8) is 0 Å². The molecule has 6 rings (SSSR count). The Morgan fingerprint density at radius 2 is 1.75 bits per heavy atom. The van der Waals surface area contributed by atoms with Crippen molar-refractivity contribution in [2.45, 2.75) is 50.2 Å².